The topological polar surface area (TPSA) is 9.23 Å². The van der Waals surface area contributed by atoms with E-state index in [0.717, 1.165) is 6.42 Å². The van der Waals surface area contributed by atoms with Gasteiger partial charge in [0, 0.05) is 0 Å². The molecule has 1 aromatic rings. The quantitative estimate of drug-likeness (QED) is 0.564. The van der Waals surface area contributed by atoms with Crippen molar-refractivity contribution in [3.8, 4) is 0 Å². The van der Waals surface area contributed by atoms with E-state index >= 15 is 0 Å². The lowest BCUT2D eigenvalue weighted by molar-refractivity contribution is 0.0905. The molecule has 0 bridgehead atoms. The average molecular weight is 274 g/mol. The molecule has 0 N–H and O–H groups in total. The van der Waals surface area contributed by atoms with Crippen molar-refractivity contribution in [2.24, 2.45) is 0 Å². The van der Waals surface area contributed by atoms with Crippen molar-refractivity contribution >= 4 is 8.32 Å². The number of aryl methyl sites for hydroxylation is 2. The minimum absolute atomic E-state index is 0.255. The number of fused-ring (bicyclic) bond motifs is 1. The molecule has 104 valence electrons. The van der Waals surface area contributed by atoms with Gasteiger partial charge in [-0.1, -0.05) is 30.4 Å². The molecule has 0 aliphatic heterocycles. The zero-order valence-corrected chi connectivity index (χ0v) is 14.0. The van der Waals surface area contributed by atoms with Crippen molar-refractivity contribution in [3.63, 3.8) is 0 Å². The van der Waals surface area contributed by atoms with Crippen LogP contribution in [0.4, 0.5) is 0 Å². The Balaban J connectivity index is 2.59. The van der Waals surface area contributed by atoms with Crippen LogP contribution in [0.1, 0.15) is 35.1 Å². The molecule has 0 heterocycles. The summed E-state index contributed by atoms with van der Waals surface area (Å²) in [5, 5.41) is 0. The van der Waals surface area contributed by atoms with Crippen LogP contribution in [0.5, 0.6) is 0 Å². The lowest BCUT2D eigenvalue weighted by Gasteiger charge is -2.42. The third-order valence-electron chi connectivity index (χ3n) is 3.87. The van der Waals surface area contributed by atoms with E-state index in [9.17, 15) is 0 Å². The van der Waals surface area contributed by atoms with Crippen molar-refractivity contribution < 1.29 is 4.43 Å². The van der Waals surface area contributed by atoms with Crippen LogP contribution in [0, 0.1) is 13.8 Å². The molecule has 0 saturated carbocycles. The Bertz CT molecular complexity index is 499. The highest BCUT2D eigenvalue weighted by molar-refractivity contribution is 6.69. The molecule has 0 radical (unpaired) electrons. The van der Waals surface area contributed by atoms with E-state index in [1.165, 1.54) is 35.1 Å². The zero-order chi connectivity index (χ0) is 14.3. The van der Waals surface area contributed by atoms with Gasteiger partial charge in [0.05, 0.1) is 0 Å². The first-order valence-corrected chi connectivity index (χ1v) is 10.6. The van der Waals surface area contributed by atoms with Gasteiger partial charge in [0.2, 0.25) is 0 Å². The SMILES string of the molecule is C=CC1(O[Si](C)(C)C)CCCc2c(C)cc(C)cc21. The highest BCUT2D eigenvalue weighted by atomic mass is 28.4. The van der Waals surface area contributed by atoms with Crippen molar-refractivity contribution in [1.82, 2.24) is 0 Å². The second-order valence-corrected chi connectivity index (χ2v) is 11.2. The summed E-state index contributed by atoms with van der Waals surface area (Å²) >= 11 is 0. The van der Waals surface area contributed by atoms with Gasteiger partial charge in [-0.05, 0) is 69.4 Å². The number of benzene rings is 1. The molecule has 0 saturated heterocycles. The summed E-state index contributed by atoms with van der Waals surface area (Å²) in [6, 6.07) is 4.59. The van der Waals surface area contributed by atoms with Crippen molar-refractivity contribution in [3.05, 3.63) is 47.0 Å². The summed E-state index contributed by atoms with van der Waals surface area (Å²) in [6.07, 6.45) is 5.47. The van der Waals surface area contributed by atoms with Crippen molar-refractivity contribution in [2.45, 2.75) is 58.4 Å². The third kappa shape index (κ3) is 2.85. The van der Waals surface area contributed by atoms with Gasteiger partial charge in [0.1, 0.15) is 5.60 Å². The molecule has 1 aliphatic carbocycles. The maximum atomic E-state index is 6.57. The Kier molecular flexibility index (Phi) is 3.76. The lowest BCUT2D eigenvalue weighted by Crippen LogP contribution is -2.41. The van der Waals surface area contributed by atoms with E-state index in [1.54, 1.807) is 0 Å². The molecular formula is C17H26OSi. The lowest BCUT2D eigenvalue weighted by atomic mass is 9.77. The molecule has 1 nitrogen and oxygen atoms in total. The molecule has 2 heteroatoms. The molecule has 0 fully saturated rings. The standard InChI is InChI=1S/C17H26OSi/c1-7-17(18-19(4,5)6)10-8-9-15-14(3)11-13(2)12-16(15)17/h7,11-12H,1,8-10H2,2-6H3. The fraction of sp³-hybridized carbons (Fsp3) is 0.529. The van der Waals surface area contributed by atoms with Crippen LogP contribution in [0.2, 0.25) is 19.6 Å². The van der Waals surface area contributed by atoms with Crippen LogP contribution in [0.15, 0.2) is 24.8 Å². The maximum Gasteiger partial charge on any atom is 0.185 e. The van der Waals surface area contributed by atoms with Crippen LogP contribution < -0.4 is 0 Å². The van der Waals surface area contributed by atoms with Gasteiger partial charge < -0.3 is 4.43 Å². The van der Waals surface area contributed by atoms with Crippen molar-refractivity contribution in [1.29, 1.82) is 0 Å². The van der Waals surface area contributed by atoms with Crippen LogP contribution >= 0.6 is 0 Å². The summed E-state index contributed by atoms with van der Waals surface area (Å²) in [5.41, 5.74) is 5.32. The Morgan fingerprint density at radius 2 is 1.95 bits per heavy atom. The Morgan fingerprint density at radius 3 is 2.53 bits per heavy atom. The van der Waals surface area contributed by atoms with Gasteiger partial charge >= 0.3 is 0 Å². The molecule has 1 atom stereocenters. The molecule has 1 aromatic carbocycles. The Morgan fingerprint density at radius 1 is 1.26 bits per heavy atom. The molecule has 1 unspecified atom stereocenters. The van der Waals surface area contributed by atoms with Gasteiger partial charge in [-0.3, -0.25) is 0 Å². The number of rotatable bonds is 3. The Labute approximate surface area is 118 Å². The second-order valence-electron chi connectivity index (χ2n) is 6.77. The van der Waals surface area contributed by atoms with E-state index in [-0.39, 0.29) is 5.60 Å². The van der Waals surface area contributed by atoms with Gasteiger partial charge in [-0.15, -0.1) is 0 Å². The van der Waals surface area contributed by atoms with Crippen LogP contribution in [-0.2, 0) is 16.4 Å². The van der Waals surface area contributed by atoms with E-state index in [1.807, 2.05) is 6.08 Å². The molecule has 0 aromatic heterocycles. The number of hydrogen-bond donors (Lipinski definition) is 0. The smallest absolute Gasteiger partial charge is 0.185 e. The fourth-order valence-corrected chi connectivity index (χ4v) is 4.66. The second kappa shape index (κ2) is 4.91. The molecule has 2 rings (SSSR count). The first-order chi connectivity index (χ1) is 8.77. The highest BCUT2D eigenvalue weighted by Gasteiger charge is 2.39. The molecule has 19 heavy (non-hydrogen) atoms. The summed E-state index contributed by atoms with van der Waals surface area (Å²) in [6.45, 7) is 15.3. The van der Waals surface area contributed by atoms with Crippen LogP contribution in [0.3, 0.4) is 0 Å². The first-order valence-electron chi connectivity index (χ1n) is 7.22. The third-order valence-corrected chi connectivity index (χ3v) is 4.84. The van der Waals surface area contributed by atoms with E-state index in [0.29, 0.717) is 0 Å². The predicted molar refractivity (Wildman–Crippen MR) is 85.2 cm³/mol. The van der Waals surface area contributed by atoms with Crippen molar-refractivity contribution in [2.75, 3.05) is 0 Å². The molecule has 0 amide bonds. The van der Waals surface area contributed by atoms with Gasteiger partial charge in [-0.2, -0.15) is 0 Å². The van der Waals surface area contributed by atoms with Gasteiger partial charge in [0.25, 0.3) is 0 Å². The minimum Gasteiger partial charge on any atom is -0.405 e. The van der Waals surface area contributed by atoms with Crippen LogP contribution in [-0.4, -0.2) is 8.32 Å². The molecule has 0 spiro atoms. The highest BCUT2D eigenvalue weighted by Crippen LogP contribution is 2.42. The maximum absolute atomic E-state index is 6.57. The Hall–Kier alpha value is -0.863. The van der Waals surface area contributed by atoms with Gasteiger partial charge in [0.15, 0.2) is 8.32 Å². The van der Waals surface area contributed by atoms with E-state index in [2.05, 4.69) is 52.2 Å². The predicted octanol–water partition coefficient (Wildman–Crippen LogP) is 4.87. The van der Waals surface area contributed by atoms with Gasteiger partial charge in [-0.25, -0.2) is 0 Å². The zero-order valence-electron chi connectivity index (χ0n) is 13.0. The number of hydrogen-bond acceptors (Lipinski definition) is 1. The summed E-state index contributed by atoms with van der Waals surface area (Å²) in [7, 11) is -1.61. The van der Waals surface area contributed by atoms with Crippen LogP contribution in [0.25, 0.3) is 0 Å². The normalized spacial score (nSPS) is 23.0. The average Bonchev–Trinajstić information content (AvgIpc) is 2.28. The molecular weight excluding hydrogens is 248 g/mol. The molecule has 1 aliphatic rings. The minimum atomic E-state index is -1.61. The summed E-state index contributed by atoms with van der Waals surface area (Å²) in [5.74, 6) is 0. The monoisotopic (exact) mass is 274 g/mol. The van der Waals surface area contributed by atoms with E-state index < -0.39 is 8.32 Å². The fourth-order valence-electron chi connectivity index (χ4n) is 3.28. The van der Waals surface area contributed by atoms with E-state index in [4.69, 9.17) is 4.43 Å². The first kappa shape index (κ1) is 14.5. The summed E-state index contributed by atoms with van der Waals surface area (Å²) in [4.78, 5) is 0. The summed E-state index contributed by atoms with van der Waals surface area (Å²) < 4.78 is 6.57. The largest absolute Gasteiger partial charge is 0.405 e.